The van der Waals surface area contributed by atoms with Gasteiger partial charge in [0.25, 0.3) is 5.91 Å². The van der Waals surface area contributed by atoms with Gasteiger partial charge in [-0.1, -0.05) is 50.9 Å². The second-order valence-corrected chi connectivity index (χ2v) is 12.1. The number of nitrogens with one attached hydrogen (secondary N) is 1. The molecule has 1 heterocycles. The van der Waals surface area contributed by atoms with Crippen LogP contribution in [-0.4, -0.2) is 37.1 Å². The van der Waals surface area contributed by atoms with Crippen molar-refractivity contribution in [1.29, 1.82) is 0 Å². The molecule has 1 aromatic rings. The SMILES string of the molecule is CC(C)C[C@H](CC(=O)CNC(=O)c1cc(Cl)ccc1Cl)B1O[C@H]2C[C@@H]3C[C@@H](C3(C)C)[C@@]2(C)O1. The van der Waals surface area contributed by atoms with Crippen molar-refractivity contribution in [2.75, 3.05) is 6.54 Å². The maximum absolute atomic E-state index is 12.9. The number of carbonyl (C=O) groups excluding carboxylic acids is 2. The third-order valence-electron chi connectivity index (χ3n) is 8.24. The minimum Gasteiger partial charge on any atom is -0.405 e. The molecule has 1 aliphatic heterocycles. The molecule has 4 fully saturated rings. The maximum Gasteiger partial charge on any atom is 0.461 e. The van der Waals surface area contributed by atoms with E-state index < -0.39 is 5.91 Å². The average Bonchev–Trinajstić information content (AvgIpc) is 3.10. The van der Waals surface area contributed by atoms with Crippen LogP contribution in [0.25, 0.3) is 0 Å². The lowest BCUT2D eigenvalue weighted by Crippen LogP contribution is -2.65. The number of halogens is 2. The van der Waals surface area contributed by atoms with Gasteiger partial charge in [0.2, 0.25) is 0 Å². The van der Waals surface area contributed by atoms with E-state index in [9.17, 15) is 9.59 Å². The van der Waals surface area contributed by atoms with Gasteiger partial charge in [-0.2, -0.15) is 0 Å². The lowest BCUT2D eigenvalue weighted by Gasteiger charge is -2.64. The van der Waals surface area contributed by atoms with E-state index >= 15 is 0 Å². The fraction of sp³-hybridized carbons (Fsp3) is 0.680. The lowest BCUT2D eigenvalue weighted by molar-refractivity contribution is -0.199. The summed E-state index contributed by atoms with van der Waals surface area (Å²) in [6.45, 7) is 11.1. The molecule has 0 radical (unpaired) electrons. The van der Waals surface area contributed by atoms with Crippen LogP contribution in [0, 0.1) is 23.2 Å². The van der Waals surface area contributed by atoms with Gasteiger partial charge in [-0.15, -0.1) is 0 Å². The summed E-state index contributed by atoms with van der Waals surface area (Å²) in [5.41, 5.74) is 0.245. The Hall–Kier alpha value is -1.08. The zero-order valence-electron chi connectivity index (χ0n) is 20.1. The van der Waals surface area contributed by atoms with Crippen molar-refractivity contribution in [1.82, 2.24) is 5.32 Å². The molecular formula is C25H34BCl2NO4. The lowest BCUT2D eigenvalue weighted by atomic mass is 9.43. The summed E-state index contributed by atoms with van der Waals surface area (Å²) in [6.07, 6.45) is 3.43. The Morgan fingerprint density at radius 3 is 2.61 bits per heavy atom. The summed E-state index contributed by atoms with van der Waals surface area (Å²) in [5, 5.41) is 3.40. The first-order valence-corrected chi connectivity index (χ1v) is 12.8. The Labute approximate surface area is 207 Å². The molecule has 180 valence electrons. The zero-order valence-corrected chi connectivity index (χ0v) is 21.6. The summed E-state index contributed by atoms with van der Waals surface area (Å²) in [7, 11) is -0.389. The van der Waals surface area contributed by atoms with Crippen molar-refractivity contribution >= 4 is 42.0 Å². The van der Waals surface area contributed by atoms with E-state index in [0.717, 1.165) is 12.8 Å². The number of benzene rings is 1. The second kappa shape index (κ2) is 9.18. The summed E-state index contributed by atoms with van der Waals surface area (Å²) in [6, 6.07) is 4.69. The number of rotatable bonds is 8. The number of hydrogen-bond donors (Lipinski definition) is 1. The molecule has 8 heteroatoms. The first kappa shape index (κ1) is 25.0. The summed E-state index contributed by atoms with van der Waals surface area (Å²) >= 11 is 12.1. The van der Waals surface area contributed by atoms with Crippen LogP contribution in [0.4, 0.5) is 0 Å². The molecule has 1 amide bonds. The zero-order chi connectivity index (χ0) is 24.1. The molecule has 0 aromatic heterocycles. The van der Waals surface area contributed by atoms with Gasteiger partial charge in [-0.05, 0) is 67.6 Å². The Bertz CT molecular complexity index is 939. The van der Waals surface area contributed by atoms with E-state index in [2.05, 4.69) is 39.9 Å². The largest absolute Gasteiger partial charge is 0.461 e. The molecule has 1 saturated heterocycles. The fourth-order valence-electron chi connectivity index (χ4n) is 6.31. The third-order valence-corrected chi connectivity index (χ3v) is 8.80. The van der Waals surface area contributed by atoms with E-state index in [0.29, 0.717) is 34.2 Å². The van der Waals surface area contributed by atoms with E-state index in [1.54, 1.807) is 12.1 Å². The Morgan fingerprint density at radius 2 is 1.94 bits per heavy atom. The van der Waals surface area contributed by atoms with Crippen molar-refractivity contribution in [3.63, 3.8) is 0 Å². The van der Waals surface area contributed by atoms with Crippen LogP contribution in [-0.2, 0) is 14.1 Å². The number of hydrogen-bond acceptors (Lipinski definition) is 4. The molecule has 5 atom stereocenters. The molecule has 5 nitrogen and oxygen atoms in total. The van der Waals surface area contributed by atoms with Gasteiger partial charge >= 0.3 is 7.12 Å². The molecule has 33 heavy (non-hydrogen) atoms. The summed E-state index contributed by atoms with van der Waals surface area (Å²) in [4.78, 5) is 25.4. The first-order valence-electron chi connectivity index (χ1n) is 12.0. The molecule has 3 aliphatic carbocycles. The van der Waals surface area contributed by atoms with Crippen molar-refractivity contribution in [2.24, 2.45) is 23.2 Å². The summed E-state index contributed by atoms with van der Waals surface area (Å²) < 4.78 is 13.1. The quantitative estimate of drug-likeness (QED) is 0.463. The minimum absolute atomic E-state index is 0.0492. The van der Waals surface area contributed by atoms with Gasteiger partial charge in [-0.25, -0.2) is 0 Å². The van der Waals surface area contributed by atoms with Gasteiger partial charge in [0.05, 0.1) is 28.8 Å². The van der Waals surface area contributed by atoms with Crippen LogP contribution in [0.5, 0.6) is 0 Å². The van der Waals surface area contributed by atoms with Gasteiger partial charge < -0.3 is 14.6 Å². The van der Waals surface area contributed by atoms with Crippen LogP contribution in [0.2, 0.25) is 15.9 Å². The molecular weight excluding hydrogens is 460 g/mol. The fourth-order valence-corrected chi connectivity index (χ4v) is 6.68. The van der Waals surface area contributed by atoms with Crippen LogP contribution < -0.4 is 5.32 Å². The number of Topliss-reactive ketones (excluding diaryl/α,β-unsaturated/α-hetero) is 1. The number of amides is 1. The monoisotopic (exact) mass is 493 g/mol. The van der Waals surface area contributed by atoms with Crippen molar-refractivity contribution < 1.29 is 18.9 Å². The third kappa shape index (κ3) is 4.73. The van der Waals surface area contributed by atoms with Gasteiger partial charge in [0.15, 0.2) is 5.78 Å². The molecule has 0 spiro atoms. The molecule has 0 unspecified atom stereocenters. The van der Waals surface area contributed by atoms with Crippen LogP contribution in [0.15, 0.2) is 18.2 Å². The molecule has 1 N–H and O–H groups in total. The van der Waals surface area contributed by atoms with Gasteiger partial charge in [0, 0.05) is 17.3 Å². The van der Waals surface area contributed by atoms with Crippen LogP contribution in [0.1, 0.15) is 70.7 Å². The molecule has 4 aliphatic rings. The molecule has 5 rings (SSSR count). The maximum atomic E-state index is 12.9. The van der Waals surface area contributed by atoms with E-state index in [4.69, 9.17) is 32.5 Å². The van der Waals surface area contributed by atoms with E-state index in [1.807, 2.05) is 0 Å². The number of carbonyl (C=O) groups is 2. The Morgan fingerprint density at radius 1 is 1.21 bits per heavy atom. The first-order chi connectivity index (χ1) is 15.4. The molecule has 1 aromatic carbocycles. The predicted octanol–water partition coefficient (Wildman–Crippen LogP) is 5.83. The average molecular weight is 494 g/mol. The Balaban J connectivity index is 1.39. The number of ketones is 1. The highest BCUT2D eigenvalue weighted by Gasteiger charge is 2.68. The van der Waals surface area contributed by atoms with Crippen molar-refractivity contribution in [3.8, 4) is 0 Å². The second-order valence-electron chi connectivity index (χ2n) is 11.3. The highest BCUT2D eigenvalue weighted by atomic mass is 35.5. The van der Waals surface area contributed by atoms with Gasteiger partial charge in [0.1, 0.15) is 0 Å². The Kier molecular flexibility index (Phi) is 6.96. The van der Waals surface area contributed by atoms with E-state index in [1.165, 1.54) is 12.5 Å². The minimum atomic E-state index is -0.412. The topological polar surface area (TPSA) is 64.6 Å². The summed E-state index contributed by atoms with van der Waals surface area (Å²) in [5.74, 6) is 1.05. The van der Waals surface area contributed by atoms with Crippen molar-refractivity contribution in [2.45, 2.75) is 77.8 Å². The normalized spacial score (nSPS) is 30.5. The van der Waals surface area contributed by atoms with Crippen LogP contribution in [0.3, 0.4) is 0 Å². The molecule has 3 saturated carbocycles. The molecule has 2 bridgehead atoms. The standard InChI is InChI=1S/C25H34BCl2NO4/c1-14(2)8-16(11-18(30)13-29-23(31)19-12-17(27)6-7-20(19)28)26-32-22-10-15-9-21(24(15,3)4)25(22,5)33-26/h6-7,12,14-16,21-22H,8-11,13H2,1-5H3,(H,29,31)/t15-,16+,21-,22-,25+/m0/s1. The smallest absolute Gasteiger partial charge is 0.405 e. The van der Waals surface area contributed by atoms with E-state index in [-0.39, 0.29) is 47.9 Å². The van der Waals surface area contributed by atoms with Crippen LogP contribution >= 0.6 is 23.2 Å². The van der Waals surface area contributed by atoms with Gasteiger partial charge in [-0.3, -0.25) is 9.59 Å². The predicted molar refractivity (Wildman–Crippen MR) is 132 cm³/mol. The highest BCUT2D eigenvalue weighted by Crippen LogP contribution is 2.66. The van der Waals surface area contributed by atoms with Crippen molar-refractivity contribution in [3.05, 3.63) is 33.8 Å². The highest BCUT2D eigenvalue weighted by molar-refractivity contribution is 6.47.